The standard InChI is InChI=1S/C28H34N2O7/c1-17(2)37-22-10-7-18(16-23(22)35-5)25-24(27(32)28(33)30(25)11-6-13-34-4)26(31)19-8-9-21-20(15-19)29(3)12-14-36-21/h7-10,15-17,25,31H,6,11-14H2,1-5H3/b26-24+. The van der Waals surface area contributed by atoms with Crippen LogP contribution in [0.5, 0.6) is 17.2 Å². The van der Waals surface area contributed by atoms with Gasteiger partial charge in [-0.05, 0) is 56.2 Å². The first-order valence-electron chi connectivity index (χ1n) is 12.4. The van der Waals surface area contributed by atoms with Crippen molar-refractivity contribution in [1.82, 2.24) is 4.90 Å². The topological polar surface area (TPSA) is 97.8 Å². The summed E-state index contributed by atoms with van der Waals surface area (Å²) in [5.41, 5.74) is 1.90. The van der Waals surface area contributed by atoms with Gasteiger partial charge in [-0.2, -0.15) is 0 Å². The van der Waals surface area contributed by atoms with Gasteiger partial charge in [-0.15, -0.1) is 0 Å². The second-order valence-electron chi connectivity index (χ2n) is 9.37. The number of fused-ring (bicyclic) bond motifs is 1. The molecule has 2 aliphatic heterocycles. The molecule has 1 amide bonds. The SMILES string of the molecule is COCCCN1C(=O)C(=O)/C(=C(/O)c2ccc3c(c2)N(C)CCO3)C1c1ccc(OC(C)C)c(OC)c1. The van der Waals surface area contributed by atoms with Crippen molar-refractivity contribution in [2.75, 3.05) is 52.5 Å². The minimum absolute atomic E-state index is 0.0290. The molecule has 1 saturated heterocycles. The highest BCUT2D eigenvalue weighted by atomic mass is 16.5. The Bertz CT molecular complexity index is 1210. The lowest BCUT2D eigenvalue weighted by Crippen LogP contribution is -2.31. The third-order valence-electron chi connectivity index (χ3n) is 6.48. The number of ketones is 1. The van der Waals surface area contributed by atoms with E-state index in [1.807, 2.05) is 25.8 Å². The number of hydrogen-bond acceptors (Lipinski definition) is 8. The van der Waals surface area contributed by atoms with Gasteiger partial charge in [0, 0.05) is 32.9 Å². The number of aliphatic hydroxyl groups excluding tert-OH is 1. The van der Waals surface area contributed by atoms with Crippen molar-refractivity contribution in [3.8, 4) is 17.2 Å². The smallest absolute Gasteiger partial charge is 0.295 e. The van der Waals surface area contributed by atoms with Gasteiger partial charge < -0.3 is 33.9 Å². The van der Waals surface area contributed by atoms with Gasteiger partial charge in [0.25, 0.3) is 11.7 Å². The molecule has 37 heavy (non-hydrogen) atoms. The zero-order valence-electron chi connectivity index (χ0n) is 21.9. The highest BCUT2D eigenvalue weighted by Gasteiger charge is 2.46. The number of benzene rings is 2. The van der Waals surface area contributed by atoms with Crippen LogP contribution in [0.25, 0.3) is 5.76 Å². The van der Waals surface area contributed by atoms with E-state index < -0.39 is 17.7 Å². The summed E-state index contributed by atoms with van der Waals surface area (Å²) < 4.78 is 22.3. The van der Waals surface area contributed by atoms with Crippen LogP contribution in [0.15, 0.2) is 42.0 Å². The van der Waals surface area contributed by atoms with Crippen LogP contribution in [-0.4, -0.2) is 75.4 Å². The third kappa shape index (κ3) is 5.22. The molecule has 2 heterocycles. The summed E-state index contributed by atoms with van der Waals surface area (Å²) in [6, 6.07) is 9.74. The van der Waals surface area contributed by atoms with Crippen LogP contribution in [0.1, 0.15) is 37.4 Å². The van der Waals surface area contributed by atoms with E-state index >= 15 is 0 Å². The van der Waals surface area contributed by atoms with Crippen LogP contribution in [-0.2, 0) is 14.3 Å². The molecule has 0 bridgehead atoms. The number of aliphatic hydroxyl groups is 1. The highest BCUT2D eigenvalue weighted by Crippen LogP contribution is 2.43. The summed E-state index contributed by atoms with van der Waals surface area (Å²) in [6.07, 6.45) is 0.470. The molecule has 0 aliphatic carbocycles. The van der Waals surface area contributed by atoms with E-state index in [2.05, 4.69) is 0 Å². The Kier molecular flexibility index (Phi) is 7.92. The molecule has 0 saturated carbocycles. The number of likely N-dealkylation sites (tertiary alicyclic amines) is 1. The maximum Gasteiger partial charge on any atom is 0.295 e. The summed E-state index contributed by atoms with van der Waals surface area (Å²) in [6.45, 7) is 5.81. The van der Waals surface area contributed by atoms with Crippen LogP contribution >= 0.6 is 0 Å². The molecule has 1 atom stereocenters. The fraction of sp³-hybridized carbons (Fsp3) is 0.429. The second kappa shape index (κ2) is 11.1. The van der Waals surface area contributed by atoms with E-state index in [0.717, 1.165) is 5.69 Å². The zero-order valence-corrected chi connectivity index (χ0v) is 21.9. The van der Waals surface area contributed by atoms with Crippen molar-refractivity contribution in [3.05, 3.63) is 53.1 Å². The van der Waals surface area contributed by atoms with Gasteiger partial charge in [-0.1, -0.05) is 6.07 Å². The number of rotatable bonds is 9. The number of nitrogens with zero attached hydrogens (tertiary/aromatic N) is 2. The number of anilines is 1. The number of methoxy groups -OCH3 is 2. The molecule has 9 nitrogen and oxygen atoms in total. The van der Waals surface area contributed by atoms with Gasteiger partial charge in [0.15, 0.2) is 11.5 Å². The molecule has 1 N–H and O–H groups in total. The van der Waals surface area contributed by atoms with Crippen LogP contribution in [0.3, 0.4) is 0 Å². The van der Waals surface area contributed by atoms with Gasteiger partial charge >= 0.3 is 0 Å². The number of carbonyl (C=O) groups excluding carboxylic acids is 2. The van der Waals surface area contributed by atoms with Gasteiger partial charge in [0.1, 0.15) is 18.1 Å². The van der Waals surface area contributed by atoms with Crippen molar-refractivity contribution in [2.24, 2.45) is 0 Å². The van der Waals surface area contributed by atoms with E-state index in [-0.39, 0.29) is 24.0 Å². The second-order valence-corrected chi connectivity index (χ2v) is 9.37. The molecule has 1 unspecified atom stereocenters. The number of carbonyl (C=O) groups is 2. The van der Waals surface area contributed by atoms with E-state index in [9.17, 15) is 14.7 Å². The summed E-state index contributed by atoms with van der Waals surface area (Å²) in [5, 5.41) is 11.5. The molecule has 4 rings (SSSR count). The van der Waals surface area contributed by atoms with Gasteiger partial charge in [-0.25, -0.2) is 0 Å². The van der Waals surface area contributed by atoms with Gasteiger partial charge in [-0.3, -0.25) is 9.59 Å². The van der Waals surface area contributed by atoms with Crippen LogP contribution in [0, 0.1) is 0 Å². The zero-order chi connectivity index (χ0) is 26.7. The lowest BCUT2D eigenvalue weighted by molar-refractivity contribution is -0.140. The van der Waals surface area contributed by atoms with Crippen molar-refractivity contribution in [3.63, 3.8) is 0 Å². The number of likely N-dealkylation sites (N-methyl/N-ethyl adjacent to an activating group) is 1. The Morgan fingerprint density at radius 1 is 1.14 bits per heavy atom. The van der Waals surface area contributed by atoms with Crippen molar-refractivity contribution in [1.29, 1.82) is 0 Å². The Labute approximate surface area is 217 Å². The Morgan fingerprint density at radius 2 is 1.92 bits per heavy atom. The minimum Gasteiger partial charge on any atom is -0.507 e. The van der Waals surface area contributed by atoms with E-state index in [1.165, 1.54) is 12.0 Å². The van der Waals surface area contributed by atoms with Crippen LogP contribution in [0.2, 0.25) is 0 Å². The molecule has 0 aromatic heterocycles. The molecule has 198 valence electrons. The van der Waals surface area contributed by atoms with Crippen LogP contribution in [0.4, 0.5) is 5.69 Å². The fourth-order valence-corrected chi connectivity index (χ4v) is 4.70. The lowest BCUT2D eigenvalue weighted by atomic mass is 9.94. The quantitative estimate of drug-likeness (QED) is 0.236. The van der Waals surface area contributed by atoms with Gasteiger partial charge in [0.2, 0.25) is 0 Å². The average Bonchev–Trinajstić information content (AvgIpc) is 3.13. The first kappa shape index (κ1) is 26.3. The summed E-state index contributed by atoms with van der Waals surface area (Å²) in [5.74, 6) is 0.0935. The highest BCUT2D eigenvalue weighted by molar-refractivity contribution is 6.46. The number of amides is 1. The fourth-order valence-electron chi connectivity index (χ4n) is 4.70. The summed E-state index contributed by atoms with van der Waals surface area (Å²) in [4.78, 5) is 30.0. The molecule has 1 fully saturated rings. The van der Waals surface area contributed by atoms with Crippen molar-refractivity contribution < 1.29 is 33.6 Å². The lowest BCUT2D eigenvalue weighted by Gasteiger charge is -2.28. The number of Topliss-reactive ketones (excluding diaryl/α,β-unsaturated/α-hetero) is 1. The molecular weight excluding hydrogens is 476 g/mol. The van der Waals surface area contributed by atoms with Crippen molar-refractivity contribution >= 4 is 23.1 Å². The molecule has 2 aromatic carbocycles. The molecular formula is C28H34N2O7. The van der Waals surface area contributed by atoms with Crippen LogP contribution < -0.4 is 19.1 Å². The number of ether oxygens (including phenoxy) is 4. The van der Waals surface area contributed by atoms with E-state index in [0.29, 0.717) is 54.6 Å². The first-order valence-corrected chi connectivity index (χ1v) is 12.4. The normalized spacial score (nSPS) is 18.7. The summed E-state index contributed by atoms with van der Waals surface area (Å²) >= 11 is 0. The molecule has 2 aromatic rings. The number of hydrogen-bond donors (Lipinski definition) is 1. The Balaban J connectivity index is 1.83. The van der Waals surface area contributed by atoms with Crippen molar-refractivity contribution in [2.45, 2.75) is 32.4 Å². The predicted molar refractivity (Wildman–Crippen MR) is 139 cm³/mol. The Hall–Kier alpha value is -3.72. The largest absolute Gasteiger partial charge is 0.507 e. The molecule has 0 spiro atoms. The third-order valence-corrected chi connectivity index (χ3v) is 6.48. The van der Waals surface area contributed by atoms with E-state index in [1.54, 1.807) is 43.5 Å². The monoisotopic (exact) mass is 510 g/mol. The predicted octanol–water partition coefficient (Wildman–Crippen LogP) is 3.77. The Morgan fingerprint density at radius 3 is 2.62 bits per heavy atom. The average molecular weight is 511 g/mol. The van der Waals surface area contributed by atoms with E-state index in [4.69, 9.17) is 18.9 Å². The van der Waals surface area contributed by atoms with Gasteiger partial charge in [0.05, 0.1) is 37.1 Å². The molecule has 9 heteroatoms. The first-order chi connectivity index (χ1) is 17.8. The minimum atomic E-state index is -0.802. The molecule has 2 aliphatic rings. The maximum atomic E-state index is 13.3. The maximum absolute atomic E-state index is 13.3. The molecule has 0 radical (unpaired) electrons. The summed E-state index contributed by atoms with van der Waals surface area (Å²) in [7, 11) is 5.06.